The zero-order valence-electron chi connectivity index (χ0n) is 11.2. The third-order valence-electron chi connectivity index (χ3n) is 2.26. The van der Waals surface area contributed by atoms with E-state index in [9.17, 15) is 4.79 Å². The van der Waals surface area contributed by atoms with Crippen molar-refractivity contribution in [2.75, 3.05) is 4.90 Å². The van der Waals surface area contributed by atoms with Gasteiger partial charge in [0, 0.05) is 18.1 Å². The van der Waals surface area contributed by atoms with Crippen LogP contribution in [0.5, 0.6) is 0 Å². The van der Waals surface area contributed by atoms with E-state index in [0.717, 1.165) is 12.0 Å². The number of anilines is 1. The van der Waals surface area contributed by atoms with Gasteiger partial charge in [-0.25, -0.2) is 4.99 Å². The van der Waals surface area contributed by atoms with Crippen molar-refractivity contribution in [2.45, 2.75) is 13.8 Å². The summed E-state index contributed by atoms with van der Waals surface area (Å²) in [5, 5.41) is 0. The van der Waals surface area contributed by atoms with E-state index in [1.807, 2.05) is 67.4 Å². The molecular formula is C16H18N2O. The number of nitrogens with zero attached hydrogens (tertiary/aromatic N) is 2. The van der Waals surface area contributed by atoms with Gasteiger partial charge in [-0.2, -0.15) is 0 Å². The van der Waals surface area contributed by atoms with Gasteiger partial charge in [-0.3, -0.25) is 4.79 Å². The van der Waals surface area contributed by atoms with E-state index in [-0.39, 0.29) is 0 Å². The van der Waals surface area contributed by atoms with Crippen LogP contribution in [0.4, 0.5) is 5.69 Å². The van der Waals surface area contributed by atoms with E-state index >= 15 is 0 Å². The van der Waals surface area contributed by atoms with Gasteiger partial charge in [0.05, 0.1) is 0 Å². The van der Waals surface area contributed by atoms with Crippen LogP contribution in [0.3, 0.4) is 0 Å². The largest absolute Gasteiger partial charge is 0.302 e. The third-order valence-corrected chi connectivity index (χ3v) is 2.26. The summed E-state index contributed by atoms with van der Waals surface area (Å²) in [6.45, 7) is 3.83. The minimum Gasteiger partial charge on any atom is -0.302 e. The van der Waals surface area contributed by atoms with Gasteiger partial charge in [-0.15, -0.1) is 0 Å². The zero-order valence-corrected chi connectivity index (χ0v) is 11.2. The maximum atomic E-state index is 10.5. The predicted molar refractivity (Wildman–Crippen MR) is 81.2 cm³/mol. The molecule has 0 heterocycles. The summed E-state index contributed by atoms with van der Waals surface area (Å²) in [5.41, 5.74) is 0.986. The van der Waals surface area contributed by atoms with Gasteiger partial charge in [0.2, 0.25) is 0 Å². The summed E-state index contributed by atoms with van der Waals surface area (Å²) in [7, 11) is 0. The highest BCUT2D eigenvalue weighted by molar-refractivity contribution is 6.08. The number of amidine groups is 1. The van der Waals surface area contributed by atoms with E-state index in [1.165, 1.54) is 6.08 Å². The Labute approximate surface area is 114 Å². The normalized spacial score (nSPS) is 12.6. The number of rotatable bonds is 5. The van der Waals surface area contributed by atoms with Gasteiger partial charge in [-0.05, 0) is 38.1 Å². The van der Waals surface area contributed by atoms with E-state index < -0.39 is 0 Å². The lowest BCUT2D eigenvalue weighted by Gasteiger charge is -2.20. The molecule has 0 bridgehead atoms. The van der Waals surface area contributed by atoms with Crippen LogP contribution in [0.1, 0.15) is 13.8 Å². The Morgan fingerprint density at radius 3 is 2.47 bits per heavy atom. The predicted octanol–water partition coefficient (Wildman–Crippen LogP) is 3.71. The number of hydrogen-bond acceptors (Lipinski definition) is 2. The van der Waals surface area contributed by atoms with Crippen molar-refractivity contribution in [2.24, 2.45) is 4.99 Å². The molecule has 0 amide bonds. The smallest absolute Gasteiger partial charge is 0.142 e. The summed E-state index contributed by atoms with van der Waals surface area (Å²) in [6, 6.07) is 9.85. The summed E-state index contributed by atoms with van der Waals surface area (Å²) in [4.78, 5) is 16.8. The van der Waals surface area contributed by atoms with Crippen LogP contribution in [0.15, 0.2) is 72.0 Å². The highest BCUT2D eigenvalue weighted by atomic mass is 16.1. The average molecular weight is 254 g/mol. The SMILES string of the molecule is C/C=C/N=C(/C=C/C=O)N(/C=C/C)c1ccccc1. The molecule has 19 heavy (non-hydrogen) atoms. The Morgan fingerprint density at radius 1 is 1.16 bits per heavy atom. The monoisotopic (exact) mass is 254 g/mol. The van der Waals surface area contributed by atoms with Gasteiger partial charge in [0.1, 0.15) is 12.1 Å². The minimum absolute atomic E-state index is 0.675. The lowest BCUT2D eigenvalue weighted by atomic mass is 10.3. The third kappa shape index (κ3) is 4.76. The molecular weight excluding hydrogens is 236 g/mol. The van der Waals surface area contributed by atoms with Crippen molar-refractivity contribution in [3.8, 4) is 0 Å². The van der Waals surface area contributed by atoms with Crippen LogP contribution in [0, 0.1) is 0 Å². The van der Waals surface area contributed by atoms with Crippen LogP contribution in [-0.4, -0.2) is 12.1 Å². The standard InChI is InChI=1S/C16H18N2O/c1-3-12-17-16(11-8-14-19)18(13-4-2)15-9-6-5-7-10-15/h3-14H,1-2H3/b11-8+,12-3+,13-4+,17-16-. The number of aldehydes is 1. The number of carbonyl (C=O) groups excluding carboxylic acids is 1. The molecule has 0 atom stereocenters. The Bertz CT molecular complexity index is 499. The molecule has 0 aliphatic carbocycles. The number of para-hydroxylation sites is 1. The second-order valence-corrected chi connectivity index (χ2v) is 3.65. The summed E-state index contributed by atoms with van der Waals surface area (Å²) in [5.74, 6) is 0.675. The molecule has 3 heteroatoms. The molecule has 0 aromatic heterocycles. The first kappa shape index (κ1) is 14.6. The van der Waals surface area contributed by atoms with Crippen molar-refractivity contribution in [3.05, 3.63) is 67.0 Å². The molecule has 1 rings (SSSR count). The maximum absolute atomic E-state index is 10.5. The van der Waals surface area contributed by atoms with Crippen LogP contribution in [-0.2, 0) is 4.79 Å². The Kier molecular flexibility index (Phi) is 6.66. The van der Waals surface area contributed by atoms with E-state index in [2.05, 4.69) is 4.99 Å². The van der Waals surface area contributed by atoms with Crippen LogP contribution < -0.4 is 4.90 Å². The number of carbonyl (C=O) groups is 1. The number of aliphatic imine (C=N–C) groups is 1. The van der Waals surface area contributed by atoms with Crippen molar-refractivity contribution in [3.63, 3.8) is 0 Å². The molecule has 0 saturated carbocycles. The summed E-state index contributed by atoms with van der Waals surface area (Å²) < 4.78 is 0. The van der Waals surface area contributed by atoms with Crippen molar-refractivity contribution < 1.29 is 4.79 Å². The number of allylic oxidation sites excluding steroid dienone is 3. The second-order valence-electron chi connectivity index (χ2n) is 3.65. The Balaban J connectivity index is 3.19. The van der Waals surface area contributed by atoms with Gasteiger partial charge in [0.15, 0.2) is 0 Å². The number of benzene rings is 1. The van der Waals surface area contributed by atoms with E-state index in [1.54, 1.807) is 12.3 Å². The molecule has 0 radical (unpaired) electrons. The fourth-order valence-electron chi connectivity index (χ4n) is 1.49. The van der Waals surface area contributed by atoms with Crippen LogP contribution in [0.2, 0.25) is 0 Å². The fourth-order valence-corrected chi connectivity index (χ4v) is 1.49. The van der Waals surface area contributed by atoms with Crippen molar-refractivity contribution in [1.82, 2.24) is 0 Å². The van der Waals surface area contributed by atoms with Gasteiger partial charge in [0.25, 0.3) is 0 Å². The summed E-state index contributed by atoms with van der Waals surface area (Å²) >= 11 is 0. The molecule has 0 N–H and O–H groups in total. The van der Waals surface area contributed by atoms with E-state index in [0.29, 0.717) is 5.84 Å². The maximum Gasteiger partial charge on any atom is 0.142 e. The van der Waals surface area contributed by atoms with Crippen molar-refractivity contribution >= 4 is 17.8 Å². The van der Waals surface area contributed by atoms with Crippen LogP contribution >= 0.6 is 0 Å². The minimum atomic E-state index is 0.675. The molecule has 0 spiro atoms. The number of hydrogen-bond donors (Lipinski definition) is 0. The lowest BCUT2D eigenvalue weighted by molar-refractivity contribution is -0.104. The molecule has 0 aliphatic heterocycles. The molecule has 0 saturated heterocycles. The molecule has 3 nitrogen and oxygen atoms in total. The molecule has 0 unspecified atom stereocenters. The molecule has 98 valence electrons. The fraction of sp³-hybridized carbons (Fsp3) is 0.125. The first-order chi connectivity index (χ1) is 9.33. The highest BCUT2D eigenvalue weighted by Gasteiger charge is 2.06. The lowest BCUT2D eigenvalue weighted by Crippen LogP contribution is -2.23. The van der Waals surface area contributed by atoms with Gasteiger partial charge in [-0.1, -0.05) is 30.4 Å². The quantitative estimate of drug-likeness (QED) is 0.347. The molecule has 0 aliphatic rings. The first-order valence-corrected chi connectivity index (χ1v) is 6.11. The Morgan fingerprint density at radius 2 is 1.89 bits per heavy atom. The van der Waals surface area contributed by atoms with Gasteiger partial charge < -0.3 is 4.90 Å². The molecule has 1 aromatic carbocycles. The molecule has 0 fully saturated rings. The zero-order chi connectivity index (χ0) is 13.9. The van der Waals surface area contributed by atoms with Gasteiger partial charge >= 0.3 is 0 Å². The van der Waals surface area contributed by atoms with Crippen molar-refractivity contribution in [1.29, 1.82) is 0 Å². The topological polar surface area (TPSA) is 32.7 Å². The van der Waals surface area contributed by atoms with E-state index in [4.69, 9.17) is 0 Å². The van der Waals surface area contributed by atoms with Crippen LogP contribution in [0.25, 0.3) is 0 Å². The molecule has 1 aromatic rings. The Hall–Kier alpha value is -2.42. The highest BCUT2D eigenvalue weighted by Crippen LogP contribution is 2.15. The second kappa shape index (κ2) is 8.64. The average Bonchev–Trinajstić information content (AvgIpc) is 2.46. The first-order valence-electron chi connectivity index (χ1n) is 6.11. The summed E-state index contributed by atoms with van der Waals surface area (Å²) in [6.07, 6.45) is 11.2.